The molecule has 9 nitrogen and oxygen atoms in total. The molecule has 2 aromatic heterocycles. The molecule has 3 aromatic rings. The summed E-state index contributed by atoms with van der Waals surface area (Å²) in [5.74, 6) is -0.692. The molecule has 186 valence electrons. The Balaban J connectivity index is 1.60. The first kappa shape index (κ1) is 24.7. The average molecular weight is 505 g/mol. The molecule has 0 aliphatic carbocycles. The largest absolute Gasteiger partial charge is 0.486 e. The number of sulfonamides is 1. The maximum atomic E-state index is 14.9. The Kier molecular flexibility index (Phi) is 6.86. The van der Waals surface area contributed by atoms with Crippen molar-refractivity contribution in [1.82, 2.24) is 19.3 Å². The van der Waals surface area contributed by atoms with Gasteiger partial charge in [-0.2, -0.15) is 0 Å². The Morgan fingerprint density at radius 1 is 1.17 bits per heavy atom. The second-order valence-electron chi connectivity index (χ2n) is 8.53. The molecule has 12 heteroatoms. The van der Waals surface area contributed by atoms with Crippen molar-refractivity contribution in [2.45, 2.75) is 26.4 Å². The molecule has 0 saturated carbocycles. The molecule has 0 spiro atoms. The van der Waals surface area contributed by atoms with Crippen molar-refractivity contribution in [3.8, 4) is 17.0 Å². The van der Waals surface area contributed by atoms with E-state index in [-0.39, 0.29) is 35.5 Å². The number of rotatable bonds is 7. The van der Waals surface area contributed by atoms with Crippen LogP contribution >= 0.6 is 0 Å². The monoisotopic (exact) mass is 504 g/mol. The van der Waals surface area contributed by atoms with Crippen molar-refractivity contribution >= 4 is 27.5 Å². The van der Waals surface area contributed by atoms with Crippen molar-refractivity contribution in [2.75, 3.05) is 36.7 Å². The molecule has 1 aromatic carbocycles. The lowest BCUT2D eigenvalue weighted by Gasteiger charge is -2.34. The van der Waals surface area contributed by atoms with Crippen LogP contribution in [0, 0.1) is 11.6 Å². The Bertz CT molecular complexity index is 1340. The minimum atomic E-state index is -3.32. The predicted molar refractivity (Wildman–Crippen MR) is 129 cm³/mol. The summed E-state index contributed by atoms with van der Waals surface area (Å²) in [6, 6.07) is 6.31. The zero-order chi connectivity index (χ0) is 25.3. The topological polar surface area (TPSA) is 101 Å². The first-order chi connectivity index (χ1) is 16.5. The number of ether oxygens (including phenoxy) is 1. The zero-order valence-corrected chi connectivity index (χ0v) is 20.6. The molecule has 0 bridgehead atoms. The summed E-state index contributed by atoms with van der Waals surface area (Å²) in [6.07, 6.45) is 3.66. The van der Waals surface area contributed by atoms with E-state index >= 15 is 0 Å². The van der Waals surface area contributed by atoms with Gasteiger partial charge in [0.25, 0.3) is 0 Å². The van der Waals surface area contributed by atoms with E-state index in [0.29, 0.717) is 30.2 Å². The van der Waals surface area contributed by atoms with Gasteiger partial charge in [-0.25, -0.2) is 36.5 Å². The second kappa shape index (κ2) is 9.70. The number of benzene rings is 1. The summed E-state index contributed by atoms with van der Waals surface area (Å²) in [5, 5.41) is 2.90. The molecule has 0 fully saturated rings. The van der Waals surface area contributed by atoms with Gasteiger partial charge in [-0.15, -0.1) is 0 Å². The Morgan fingerprint density at radius 3 is 2.60 bits per heavy atom. The van der Waals surface area contributed by atoms with E-state index in [9.17, 15) is 17.2 Å². The summed E-state index contributed by atoms with van der Waals surface area (Å²) in [6.45, 7) is 5.11. The quantitative estimate of drug-likeness (QED) is 0.521. The summed E-state index contributed by atoms with van der Waals surface area (Å²) < 4.78 is 59.4. The first-order valence-corrected chi connectivity index (χ1v) is 12.8. The van der Waals surface area contributed by atoms with Crippen LogP contribution in [0.1, 0.15) is 19.4 Å². The normalized spacial score (nSPS) is 13.7. The third-order valence-electron chi connectivity index (χ3n) is 5.59. The minimum Gasteiger partial charge on any atom is -0.486 e. The van der Waals surface area contributed by atoms with Gasteiger partial charge in [0, 0.05) is 31.4 Å². The van der Waals surface area contributed by atoms with Crippen LogP contribution in [0.3, 0.4) is 0 Å². The van der Waals surface area contributed by atoms with Crippen molar-refractivity contribution in [3.05, 3.63) is 53.9 Å². The molecule has 4 rings (SSSR count). The first-order valence-electron chi connectivity index (χ1n) is 10.9. The number of anilines is 3. The second-order valence-corrected chi connectivity index (χ2v) is 10.6. The summed E-state index contributed by atoms with van der Waals surface area (Å²) in [4.78, 5) is 14.5. The fourth-order valence-electron chi connectivity index (χ4n) is 3.69. The number of hydrogen-bond donors (Lipinski definition) is 1. The van der Waals surface area contributed by atoms with Crippen molar-refractivity contribution in [1.29, 1.82) is 0 Å². The minimum absolute atomic E-state index is 0.0649. The fraction of sp³-hybridized carbons (Fsp3) is 0.348. The number of nitrogens with zero attached hydrogens (tertiary/aromatic N) is 5. The van der Waals surface area contributed by atoms with Gasteiger partial charge in [-0.1, -0.05) is 6.07 Å². The lowest BCUT2D eigenvalue weighted by atomic mass is 10.1. The third-order valence-corrected chi connectivity index (χ3v) is 6.85. The van der Waals surface area contributed by atoms with Crippen molar-refractivity contribution in [3.63, 3.8) is 0 Å². The van der Waals surface area contributed by atoms with Gasteiger partial charge in [0.1, 0.15) is 18.1 Å². The molecule has 0 atom stereocenters. The van der Waals surface area contributed by atoms with Gasteiger partial charge in [-0.05, 0) is 37.6 Å². The van der Waals surface area contributed by atoms with Crippen LogP contribution < -0.4 is 15.0 Å². The highest BCUT2D eigenvalue weighted by Gasteiger charge is 2.25. The van der Waals surface area contributed by atoms with E-state index < -0.39 is 21.7 Å². The van der Waals surface area contributed by atoms with E-state index in [2.05, 4.69) is 20.3 Å². The molecule has 0 unspecified atom stereocenters. The number of pyridine rings is 1. The van der Waals surface area contributed by atoms with Gasteiger partial charge < -0.3 is 15.0 Å². The van der Waals surface area contributed by atoms with E-state index in [0.717, 1.165) is 12.5 Å². The smallest absolute Gasteiger partial charge is 0.229 e. The maximum Gasteiger partial charge on any atom is 0.229 e. The van der Waals surface area contributed by atoms with Crippen molar-refractivity contribution < 1.29 is 21.9 Å². The van der Waals surface area contributed by atoms with E-state index in [1.807, 2.05) is 18.7 Å². The highest BCUT2D eigenvalue weighted by molar-refractivity contribution is 7.88. The Labute approximate surface area is 202 Å². The van der Waals surface area contributed by atoms with Crippen molar-refractivity contribution in [2.24, 2.45) is 0 Å². The Morgan fingerprint density at radius 2 is 1.94 bits per heavy atom. The van der Waals surface area contributed by atoms with Crippen LogP contribution in [0.15, 0.2) is 36.7 Å². The van der Waals surface area contributed by atoms with Gasteiger partial charge in [0.2, 0.25) is 16.0 Å². The number of hydrogen-bond acceptors (Lipinski definition) is 8. The highest BCUT2D eigenvalue weighted by Crippen LogP contribution is 2.39. The molecule has 0 amide bonds. The summed E-state index contributed by atoms with van der Waals surface area (Å²) in [7, 11) is -1.84. The average Bonchev–Trinajstić information content (AvgIpc) is 2.80. The summed E-state index contributed by atoms with van der Waals surface area (Å²) in [5.41, 5.74) is 1.42. The molecule has 0 saturated heterocycles. The molecule has 1 aliphatic heterocycles. The fourth-order valence-corrected chi connectivity index (χ4v) is 4.07. The molecule has 1 N–H and O–H groups in total. The van der Waals surface area contributed by atoms with E-state index in [1.54, 1.807) is 18.2 Å². The van der Waals surface area contributed by atoms with Gasteiger partial charge in [0.05, 0.1) is 24.7 Å². The van der Waals surface area contributed by atoms with Crippen LogP contribution in [0.25, 0.3) is 11.3 Å². The number of fused-ring (bicyclic) bond motifs is 1. The molecule has 3 heterocycles. The molecule has 1 aliphatic rings. The summed E-state index contributed by atoms with van der Waals surface area (Å²) >= 11 is 0. The molecular formula is C23H26F2N6O3S. The van der Waals surface area contributed by atoms with Crippen LogP contribution in [-0.2, 0) is 16.6 Å². The zero-order valence-electron chi connectivity index (χ0n) is 19.8. The van der Waals surface area contributed by atoms with Gasteiger partial charge >= 0.3 is 0 Å². The molecule has 35 heavy (non-hydrogen) atoms. The lowest BCUT2D eigenvalue weighted by molar-refractivity contribution is 0.287. The lowest BCUT2D eigenvalue weighted by Crippen LogP contribution is -2.38. The predicted octanol–water partition coefficient (Wildman–Crippen LogP) is 3.56. The SMILES string of the molecule is CC(C)N1CCOc2c(F)cc(-c3nc(Nc4ccc(CN(C)S(C)(=O)=O)cn4)ncc3F)cc21. The molecule has 0 radical (unpaired) electrons. The van der Waals surface area contributed by atoms with Crippen LogP contribution in [0.5, 0.6) is 5.75 Å². The third kappa shape index (κ3) is 5.49. The van der Waals surface area contributed by atoms with Crippen LogP contribution in [0.4, 0.5) is 26.2 Å². The van der Waals surface area contributed by atoms with Crippen LogP contribution in [0.2, 0.25) is 0 Å². The maximum absolute atomic E-state index is 14.9. The van der Waals surface area contributed by atoms with Gasteiger partial charge in [0.15, 0.2) is 17.4 Å². The number of nitrogens with one attached hydrogen (secondary N) is 1. The number of aromatic nitrogens is 3. The number of halogens is 2. The van der Waals surface area contributed by atoms with E-state index in [1.165, 1.54) is 23.6 Å². The highest BCUT2D eigenvalue weighted by atomic mass is 32.2. The van der Waals surface area contributed by atoms with E-state index in [4.69, 9.17) is 4.74 Å². The molecular weight excluding hydrogens is 478 g/mol. The standard InChI is InChI=1S/C23H26F2N6O3S/c1-14(2)31-7-8-34-22-17(24)9-16(10-19(22)31)21-18(25)12-27-23(29-21)28-20-6-5-15(11-26-20)13-30(3)35(4,32)33/h5-6,9-12,14H,7-8,13H2,1-4H3,(H,26,27,28,29). The van der Waals surface area contributed by atoms with Gasteiger partial charge in [-0.3, -0.25) is 0 Å². The Hall–Kier alpha value is -3.38. The van der Waals surface area contributed by atoms with Crippen LogP contribution in [-0.4, -0.2) is 60.2 Å².